The molecule has 0 spiro atoms. The molecule has 0 amide bonds. The molecule has 0 unspecified atom stereocenters. The van der Waals surface area contributed by atoms with E-state index < -0.39 is 0 Å². The highest BCUT2D eigenvalue weighted by Gasteiger charge is 2.03. The predicted molar refractivity (Wildman–Crippen MR) is 65.7 cm³/mol. The quantitative estimate of drug-likeness (QED) is 0.741. The Hall–Kier alpha value is -0.860. The molecule has 0 aliphatic heterocycles. The summed E-state index contributed by atoms with van der Waals surface area (Å²) in [4.78, 5) is 2.43. The van der Waals surface area contributed by atoms with E-state index in [2.05, 4.69) is 42.2 Å². The third-order valence-corrected chi connectivity index (χ3v) is 2.52. The molecular formula is C13H22N2. The summed E-state index contributed by atoms with van der Waals surface area (Å²) in [6, 6.07) is 10.6. The highest BCUT2D eigenvalue weighted by molar-refractivity contribution is 5.14. The van der Waals surface area contributed by atoms with Crippen LogP contribution in [0.4, 0.5) is 0 Å². The van der Waals surface area contributed by atoms with Crippen LogP contribution < -0.4 is 5.73 Å². The van der Waals surface area contributed by atoms with Crippen LogP contribution in [0.15, 0.2) is 30.3 Å². The van der Waals surface area contributed by atoms with E-state index in [0.29, 0.717) is 0 Å². The molecule has 0 aromatic heterocycles. The van der Waals surface area contributed by atoms with Gasteiger partial charge in [0.05, 0.1) is 0 Å². The number of nitrogens with two attached hydrogens (primary N) is 1. The Morgan fingerprint density at radius 1 is 1.13 bits per heavy atom. The summed E-state index contributed by atoms with van der Waals surface area (Å²) in [5.41, 5.74) is 6.99. The van der Waals surface area contributed by atoms with Gasteiger partial charge in [-0.1, -0.05) is 43.7 Å². The minimum absolute atomic E-state index is 0.747. The lowest BCUT2D eigenvalue weighted by Gasteiger charge is -2.21. The lowest BCUT2D eigenvalue weighted by molar-refractivity contribution is 0.268. The largest absolute Gasteiger partial charge is 0.329 e. The van der Waals surface area contributed by atoms with E-state index in [1.54, 1.807) is 0 Å². The molecule has 0 atom stereocenters. The zero-order chi connectivity index (χ0) is 10.9. The molecule has 1 rings (SSSR count). The molecule has 0 saturated heterocycles. The van der Waals surface area contributed by atoms with Gasteiger partial charge in [0.1, 0.15) is 0 Å². The fourth-order valence-electron chi connectivity index (χ4n) is 1.68. The second-order valence-electron chi connectivity index (χ2n) is 3.90. The summed E-state index contributed by atoms with van der Waals surface area (Å²) in [6.45, 7) is 6.15. The molecule has 1 aromatic carbocycles. The van der Waals surface area contributed by atoms with E-state index in [1.165, 1.54) is 18.4 Å². The summed E-state index contributed by atoms with van der Waals surface area (Å²) < 4.78 is 0. The monoisotopic (exact) mass is 206 g/mol. The summed E-state index contributed by atoms with van der Waals surface area (Å²) >= 11 is 0. The van der Waals surface area contributed by atoms with Gasteiger partial charge in [0.25, 0.3) is 0 Å². The number of hydrogen-bond acceptors (Lipinski definition) is 2. The Kier molecular flexibility index (Phi) is 6.05. The maximum absolute atomic E-state index is 5.61. The van der Waals surface area contributed by atoms with Crippen LogP contribution in [-0.4, -0.2) is 24.5 Å². The smallest absolute Gasteiger partial charge is 0.0234 e. The van der Waals surface area contributed by atoms with Crippen LogP contribution in [-0.2, 0) is 6.54 Å². The van der Waals surface area contributed by atoms with E-state index in [0.717, 1.165) is 26.2 Å². The van der Waals surface area contributed by atoms with Gasteiger partial charge in [-0.25, -0.2) is 0 Å². The molecule has 0 aliphatic carbocycles. The fourth-order valence-corrected chi connectivity index (χ4v) is 1.68. The topological polar surface area (TPSA) is 29.3 Å². The van der Waals surface area contributed by atoms with Crippen LogP contribution in [0.5, 0.6) is 0 Å². The number of benzene rings is 1. The number of nitrogens with zero attached hydrogens (tertiary/aromatic N) is 1. The van der Waals surface area contributed by atoms with Crippen LogP contribution in [0.2, 0.25) is 0 Å². The highest BCUT2D eigenvalue weighted by atomic mass is 15.1. The van der Waals surface area contributed by atoms with Gasteiger partial charge in [0.2, 0.25) is 0 Å². The lowest BCUT2D eigenvalue weighted by Crippen LogP contribution is -2.30. The van der Waals surface area contributed by atoms with Crippen molar-refractivity contribution >= 4 is 0 Å². The summed E-state index contributed by atoms with van der Waals surface area (Å²) in [5, 5.41) is 0. The van der Waals surface area contributed by atoms with Crippen LogP contribution in [0.1, 0.15) is 25.3 Å². The van der Waals surface area contributed by atoms with Crippen LogP contribution in [0, 0.1) is 0 Å². The normalized spacial score (nSPS) is 10.9. The first-order valence-electron chi connectivity index (χ1n) is 5.83. The number of rotatable bonds is 7. The second kappa shape index (κ2) is 7.43. The first-order chi connectivity index (χ1) is 7.36. The van der Waals surface area contributed by atoms with Gasteiger partial charge in [-0.2, -0.15) is 0 Å². The molecule has 0 heterocycles. The Labute approximate surface area is 93.1 Å². The summed E-state index contributed by atoms with van der Waals surface area (Å²) in [6.07, 6.45) is 2.50. The molecule has 0 saturated carbocycles. The SMILES string of the molecule is CCCCN(CCN)Cc1ccccc1. The molecule has 15 heavy (non-hydrogen) atoms. The maximum atomic E-state index is 5.61. The standard InChI is InChI=1S/C13H22N2/c1-2-3-10-15(11-9-14)12-13-7-5-4-6-8-13/h4-8H,2-3,9-12,14H2,1H3. The molecule has 0 fully saturated rings. The van der Waals surface area contributed by atoms with Gasteiger partial charge >= 0.3 is 0 Å². The molecule has 2 heteroatoms. The van der Waals surface area contributed by atoms with Crippen molar-refractivity contribution in [3.63, 3.8) is 0 Å². The summed E-state index contributed by atoms with van der Waals surface area (Å²) in [7, 11) is 0. The molecule has 0 radical (unpaired) electrons. The van der Waals surface area contributed by atoms with Crippen molar-refractivity contribution in [3.05, 3.63) is 35.9 Å². The van der Waals surface area contributed by atoms with Gasteiger partial charge in [-0.05, 0) is 18.5 Å². The van der Waals surface area contributed by atoms with Gasteiger partial charge in [0, 0.05) is 19.6 Å². The molecule has 2 nitrogen and oxygen atoms in total. The predicted octanol–water partition coefficient (Wildman–Crippen LogP) is 2.25. The van der Waals surface area contributed by atoms with Crippen molar-refractivity contribution in [2.24, 2.45) is 5.73 Å². The zero-order valence-corrected chi connectivity index (χ0v) is 9.65. The average Bonchev–Trinajstić information content (AvgIpc) is 2.28. The average molecular weight is 206 g/mol. The van der Waals surface area contributed by atoms with Gasteiger partial charge in [-0.3, -0.25) is 4.90 Å². The van der Waals surface area contributed by atoms with Crippen LogP contribution in [0.25, 0.3) is 0 Å². The molecule has 84 valence electrons. The van der Waals surface area contributed by atoms with Crippen molar-refractivity contribution in [3.8, 4) is 0 Å². The van der Waals surface area contributed by atoms with Crippen molar-refractivity contribution in [1.82, 2.24) is 4.90 Å². The van der Waals surface area contributed by atoms with Crippen molar-refractivity contribution < 1.29 is 0 Å². The van der Waals surface area contributed by atoms with E-state index in [9.17, 15) is 0 Å². The fraction of sp³-hybridized carbons (Fsp3) is 0.538. The molecule has 1 aromatic rings. The number of hydrogen-bond donors (Lipinski definition) is 1. The van der Waals surface area contributed by atoms with Crippen LogP contribution in [0.3, 0.4) is 0 Å². The Bertz CT molecular complexity index is 246. The third kappa shape index (κ3) is 4.96. The van der Waals surface area contributed by atoms with E-state index in [-0.39, 0.29) is 0 Å². The Morgan fingerprint density at radius 2 is 1.87 bits per heavy atom. The second-order valence-corrected chi connectivity index (χ2v) is 3.90. The Morgan fingerprint density at radius 3 is 2.47 bits per heavy atom. The highest BCUT2D eigenvalue weighted by Crippen LogP contribution is 2.05. The van der Waals surface area contributed by atoms with Crippen molar-refractivity contribution in [2.75, 3.05) is 19.6 Å². The molecule has 0 aliphatic rings. The first-order valence-corrected chi connectivity index (χ1v) is 5.83. The lowest BCUT2D eigenvalue weighted by atomic mass is 10.2. The van der Waals surface area contributed by atoms with Gasteiger partial charge in [-0.15, -0.1) is 0 Å². The van der Waals surface area contributed by atoms with Crippen LogP contribution >= 0.6 is 0 Å². The zero-order valence-electron chi connectivity index (χ0n) is 9.65. The third-order valence-electron chi connectivity index (χ3n) is 2.52. The van der Waals surface area contributed by atoms with Gasteiger partial charge < -0.3 is 5.73 Å². The van der Waals surface area contributed by atoms with E-state index in [1.807, 2.05) is 0 Å². The summed E-state index contributed by atoms with van der Waals surface area (Å²) in [5.74, 6) is 0. The Balaban J connectivity index is 2.43. The van der Waals surface area contributed by atoms with E-state index >= 15 is 0 Å². The minimum Gasteiger partial charge on any atom is -0.329 e. The van der Waals surface area contributed by atoms with Crippen molar-refractivity contribution in [2.45, 2.75) is 26.3 Å². The number of unbranched alkanes of at least 4 members (excludes halogenated alkanes) is 1. The van der Waals surface area contributed by atoms with E-state index in [4.69, 9.17) is 5.73 Å². The maximum Gasteiger partial charge on any atom is 0.0234 e. The molecular weight excluding hydrogens is 184 g/mol. The molecule has 0 bridgehead atoms. The minimum atomic E-state index is 0.747. The van der Waals surface area contributed by atoms with Crippen molar-refractivity contribution in [1.29, 1.82) is 0 Å². The molecule has 2 N–H and O–H groups in total. The first kappa shape index (κ1) is 12.2. The van der Waals surface area contributed by atoms with Gasteiger partial charge in [0.15, 0.2) is 0 Å².